The smallest absolute Gasteiger partial charge is 0.355 e. The molecule has 1 N–H and O–H groups in total. The van der Waals surface area contributed by atoms with E-state index in [4.69, 9.17) is 4.74 Å². The highest BCUT2D eigenvalue weighted by molar-refractivity contribution is 5.96. The largest absolute Gasteiger partial charge is 0.456 e. The molecule has 0 aliphatic carbocycles. The van der Waals surface area contributed by atoms with Crippen LogP contribution in [-0.2, 0) is 17.8 Å². The van der Waals surface area contributed by atoms with E-state index in [1.165, 1.54) is 0 Å². The summed E-state index contributed by atoms with van der Waals surface area (Å²) >= 11 is 0. The molecule has 0 saturated heterocycles. The summed E-state index contributed by atoms with van der Waals surface area (Å²) in [5.41, 5.74) is 4.57. The van der Waals surface area contributed by atoms with E-state index < -0.39 is 0 Å². The van der Waals surface area contributed by atoms with E-state index in [1.54, 1.807) is 0 Å². The number of carbonyl (C=O) groups excluding carboxylic acids is 1. The van der Waals surface area contributed by atoms with Crippen LogP contribution in [0.4, 0.5) is 0 Å². The van der Waals surface area contributed by atoms with Gasteiger partial charge in [0, 0.05) is 11.8 Å². The molecule has 0 spiro atoms. The second kappa shape index (κ2) is 6.97. The number of hydrogen-bond acceptors (Lipinski definition) is 2. The van der Waals surface area contributed by atoms with E-state index in [1.807, 2.05) is 66.9 Å². The number of carbonyl (C=O) groups is 1. The van der Waals surface area contributed by atoms with Crippen molar-refractivity contribution in [3.05, 3.63) is 83.7 Å². The SMILES string of the molecule is CCc1c[nH]c(C(=O)OCc2ccccc2)c1-c1ccccc1. The first-order valence-corrected chi connectivity index (χ1v) is 7.76. The monoisotopic (exact) mass is 305 g/mol. The Morgan fingerprint density at radius 1 is 1.00 bits per heavy atom. The first-order chi connectivity index (χ1) is 11.3. The Balaban J connectivity index is 1.85. The van der Waals surface area contributed by atoms with Crippen molar-refractivity contribution in [2.75, 3.05) is 0 Å². The molecule has 0 radical (unpaired) electrons. The van der Waals surface area contributed by atoms with Gasteiger partial charge in [0.2, 0.25) is 0 Å². The lowest BCUT2D eigenvalue weighted by atomic mass is 10.0. The van der Waals surface area contributed by atoms with Gasteiger partial charge in [-0.1, -0.05) is 67.6 Å². The number of nitrogens with one attached hydrogen (secondary N) is 1. The fourth-order valence-electron chi connectivity index (χ4n) is 2.63. The number of ether oxygens (including phenoxy) is 1. The van der Waals surface area contributed by atoms with Crippen molar-refractivity contribution in [3.63, 3.8) is 0 Å². The van der Waals surface area contributed by atoms with Crippen LogP contribution in [0.25, 0.3) is 11.1 Å². The maximum atomic E-state index is 12.5. The highest BCUT2D eigenvalue weighted by Crippen LogP contribution is 2.28. The molecule has 0 unspecified atom stereocenters. The highest BCUT2D eigenvalue weighted by atomic mass is 16.5. The number of aryl methyl sites for hydroxylation is 1. The Morgan fingerprint density at radius 3 is 2.30 bits per heavy atom. The normalized spacial score (nSPS) is 10.5. The number of rotatable bonds is 5. The molecule has 3 nitrogen and oxygen atoms in total. The number of esters is 1. The van der Waals surface area contributed by atoms with Gasteiger partial charge >= 0.3 is 5.97 Å². The van der Waals surface area contributed by atoms with Gasteiger partial charge in [-0.2, -0.15) is 0 Å². The third-order valence-electron chi connectivity index (χ3n) is 3.82. The number of hydrogen-bond donors (Lipinski definition) is 1. The van der Waals surface area contributed by atoms with E-state index in [0.717, 1.165) is 28.7 Å². The quantitative estimate of drug-likeness (QED) is 0.700. The minimum Gasteiger partial charge on any atom is -0.456 e. The number of benzene rings is 2. The van der Waals surface area contributed by atoms with Crippen molar-refractivity contribution < 1.29 is 9.53 Å². The first-order valence-electron chi connectivity index (χ1n) is 7.76. The predicted molar refractivity (Wildman–Crippen MR) is 91.2 cm³/mol. The van der Waals surface area contributed by atoms with E-state index >= 15 is 0 Å². The molecular weight excluding hydrogens is 286 g/mol. The van der Waals surface area contributed by atoms with E-state index in [-0.39, 0.29) is 12.6 Å². The lowest BCUT2D eigenvalue weighted by Gasteiger charge is -2.08. The summed E-state index contributed by atoms with van der Waals surface area (Å²) < 4.78 is 5.46. The van der Waals surface area contributed by atoms with Crippen LogP contribution in [-0.4, -0.2) is 11.0 Å². The molecule has 0 aliphatic heterocycles. The summed E-state index contributed by atoms with van der Waals surface area (Å²) in [5, 5.41) is 0. The first kappa shape index (κ1) is 15.1. The third-order valence-corrected chi connectivity index (χ3v) is 3.82. The molecule has 23 heavy (non-hydrogen) atoms. The van der Waals surface area contributed by atoms with Crippen LogP contribution in [0.3, 0.4) is 0 Å². The summed E-state index contributed by atoms with van der Waals surface area (Å²) in [6, 6.07) is 19.6. The molecular formula is C20H19NO2. The van der Waals surface area contributed by atoms with Crippen molar-refractivity contribution in [2.24, 2.45) is 0 Å². The van der Waals surface area contributed by atoms with Gasteiger partial charge < -0.3 is 9.72 Å². The van der Waals surface area contributed by atoms with Gasteiger partial charge in [-0.05, 0) is 23.1 Å². The summed E-state index contributed by atoms with van der Waals surface area (Å²) in [5.74, 6) is -0.326. The molecule has 0 atom stereocenters. The Labute approximate surface area is 135 Å². The van der Waals surface area contributed by atoms with Crippen LogP contribution in [0.5, 0.6) is 0 Å². The second-order valence-electron chi connectivity index (χ2n) is 5.35. The Bertz CT molecular complexity index is 776. The molecule has 2 aromatic carbocycles. The van der Waals surface area contributed by atoms with Gasteiger partial charge in [-0.15, -0.1) is 0 Å². The average Bonchev–Trinajstić information content (AvgIpc) is 3.05. The van der Waals surface area contributed by atoms with Crippen LogP contribution in [0, 0.1) is 0 Å². The van der Waals surface area contributed by atoms with E-state index in [2.05, 4.69) is 11.9 Å². The molecule has 1 aromatic heterocycles. The fourth-order valence-corrected chi connectivity index (χ4v) is 2.63. The summed E-state index contributed by atoms with van der Waals surface area (Å²) in [6.07, 6.45) is 2.74. The Kier molecular flexibility index (Phi) is 4.57. The molecule has 3 heteroatoms. The van der Waals surface area contributed by atoms with E-state index in [9.17, 15) is 4.79 Å². The van der Waals surface area contributed by atoms with Crippen molar-refractivity contribution in [1.82, 2.24) is 4.98 Å². The number of H-pyrrole nitrogens is 1. The summed E-state index contributed by atoms with van der Waals surface area (Å²) in [4.78, 5) is 15.6. The lowest BCUT2D eigenvalue weighted by molar-refractivity contribution is 0.0467. The molecule has 0 amide bonds. The fraction of sp³-hybridized carbons (Fsp3) is 0.150. The minimum absolute atomic E-state index is 0.272. The van der Waals surface area contributed by atoms with Crippen LogP contribution in [0.2, 0.25) is 0 Å². The van der Waals surface area contributed by atoms with Gasteiger partial charge in [0.25, 0.3) is 0 Å². The maximum Gasteiger partial charge on any atom is 0.355 e. The topological polar surface area (TPSA) is 42.1 Å². The molecule has 0 saturated carbocycles. The molecule has 3 rings (SSSR count). The van der Waals surface area contributed by atoms with Gasteiger partial charge in [-0.3, -0.25) is 0 Å². The van der Waals surface area contributed by atoms with Gasteiger partial charge in [0.1, 0.15) is 12.3 Å². The Morgan fingerprint density at radius 2 is 1.65 bits per heavy atom. The molecule has 0 aliphatic rings. The molecule has 3 aromatic rings. The van der Waals surface area contributed by atoms with Gasteiger partial charge in [-0.25, -0.2) is 4.79 Å². The van der Waals surface area contributed by atoms with Crippen LogP contribution >= 0.6 is 0 Å². The minimum atomic E-state index is -0.326. The van der Waals surface area contributed by atoms with Crippen LogP contribution in [0.1, 0.15) is 28.5 Å². The van der Waals surface area contributed by atoms with Crippen molar-refractivity contribution in [3.8, 4) is 11.1 Å². The Hall–Kier alpha value is -2.81. The summed E-state index contributed by atoms with van der Waals surface area (Å²) in [7, 11) is 0. The number of aromatic nitrogens is 1. The van der Waals surface area contributed by atoms with Crippen LogP contribution < -0.4 is 0 Å². The lowest BCUT2D eigenvalue weighted by Crippen LogP contribution is -2.07. The zero-order chi connectivity index (χ0) is 16.1. The molecule has 116 valence electrons. The standard InChI is InChI=1S/C20H19NO2/c1-2-16-13-21-19(18(16)17-11-7-4-8-12-17)20(22)23-14-15-9-5-3-6-10-15/h3-13,21H,2,14H2,1H3. The average molecular weight is 305 g/mol. The molecule has 0 bridgehead atoms. The highest BCUT2D eigenvalue weighted by Gasteiger charge is 2.19. The third kappa shape index (κ3) is 3.34. The predicted octanol–water partition coefficient (Wildman–Crippen LogP) is 4.60. The molecule has 0 fully saturated rings. The zero-order valence-electron chi connectivity index (χ0n) is 13.1. The van der Waals surface area contributed by atoms with Gasteiger partial charge in [0.05, 0.1) is 0 Å². The molecule has 1 heterocycles. The van der Waals surface area contributed by atoms with E-state index in [0.29, 0.717) is 5.69 Å². The second-order valence-corrected chi connectivity index (χ2v) is 5.35. The zero-order valence-corrected chi connectivity index (χ0v) is 13.1. The van der Waals surface area contributed by atoms with Crippen molar-refractivity contribution in [1.29, 1.82) is 0 Å². The maximum absolute atomic E-state index is 12.5. The number of aromatic amines is 1. The van der Waals surface area contributed by atoms with Crippen LogP contribution in [0.15, 0.2) is 66.9 Å². The van der Waals surface area contributed by atoms with Crippen molar-refractivity contribution in [2.45, 2.75) is 20.0 Å². The van der Waals surface area contributed by atoms with Crippen molar-refractivity contribution >= 4 is 5.97 Å². The summed E-state index contributed by atoms with van der Waals surface area (Å²) in [6.45, 7) is 2.35. The van der Waals surface area contributed by atoms with Gasteiger partial charge in [0.15, 0.2) is 0 Å².